The third kappa shape index (κ3) is 7.31. The molecule has 8 heteroatoms. The van der Waals surface area contributed by atoms with Crippen LogP contribution in [-0.2, 0) is 4.74 Å². The van der Waals surface area contributed by atoms with Gasteiger partial charge in [0.2, 0.25) is 0 Å². The first-order chi connectivity index (χ1) is 14.3. The van der Waals surface area contributed by atoms with Gasteiger partial charge in [0.25, 0.3) is 0 Å². The van der Waals surface area contributed by atoms with Crippen LogP contribution in [-0.4, -0.2) is 63.0 Å². The Hall–Kier alpha value is -2.64. The van der Waals surface area contributed by atoms with Crippen molar-refractivity contribution in [3.05, 3.63) is 18.2 Å². The van der Waals surface area contributed by atoms with Gasteiger partial charge in [-0.25, -0.2) is 4.79 Å². The molecule has 1 heterocycles. The van der Waals surface area contributed by atoms with Crippen LogP contribution in [0.4, 0.5) is 10.5 Å². The van der Waals surface area contributed by atoms with E-state index in [1.807, 2.05) is 45.9 Å². The molecule has 0 unspecified atom stereocenters. The number of carbonyl (C=O) groups excluding carboxylic acids is 1. The van der Waals surface area contributed by atoms with Crippen LogP contribution in [0.3, 0.4) is 0 Å². The molecule has 1 amide bonds. The topological polar surface area (TPSA) is 84.4 Å². The molecule has 2 rings (SSSR count). The number of hydrogen-bond donors (Lipinski definition) is 2. The molecule has 1 aliphatic heterocycles. The SMILES string of the molecule is CCOc1ccc(NC(=NC)NCC2CCN(C(=O)OC(C)(C)C)CC2)cc1OC. The van der Waals surface area contributed by atoms with Crippen molar-refractivity contribution in [3.63, 3.8) is 0 Å². The number of methoxy groups -OCH3 is 1. The van der Waals surface area contributed by atoms with Gasteiger partial charge in [-0.3, -0.25) is 4.99 Å². The van der Waals surface area contributed by atoms with Crippen LogP contribution in [0.25, 0.3) is 0 Å². The summed E-state index contributed by atoms with van der Waals surface area (Å²) in [5.74, 6) is 2.55. The first-order valence-electron chi connectivity index (χ1n) is 10.5. The summed E-state index contributed by atoms with van der Waals surface area (Å²) in [4.78, 5) is 18.3. The molecule has 1 aromatic carbocycles. The molecule has 8 nitrogen and oxygen atoms in total. The van der Waals surface area contributed by atoms with Gasteiger partial charge in [-0.2, -0.15) is 0 Å². The number of likely N-dealkylation sites (tertiary alicyclic amines) is 1. The third-order valence-electron chi connectivity index (χ3n) is 4.77. The van der Waals surface area contributed by atoms with Gasteiger partial charge in [-0.1, -0.05) is 0 Å². The highest BCUT2D eigenvalue weighted by molar-refractivity contribution is 5.93. The van der Waals surface area contributed by atoms with E-state index >= 15 is 0 Å². The average Bonchev–Trinajstić information content (AvgIpc) is 2.71. The van der Waals surface area contributed by atoms with Gasteiger partial charge in [0.15, 0.2) is 17.5 Å². The molecule has 2 N–H and O–H groups in total. The summed E-state index contributed by atoms with van der Waals surface area (Å²) in [6.45, 7) is 10.4. The zero-order valence-electron chi connectivity index (χ0n) is 19.1. The Morgan fingerprint density at radius 3 is 2.50 bits per heavy atom. The molecule has 0 aromatic heterocycles. The number of anilines is 1. The Labute approximate surface area is 180 Å². The van der Waals surface area contributed by atoms with Crippen molar-refractivity contribution in [1.82, 2.24) is 10.2 Å². The minimum absolute atomic E-state index is 0.226. The maximum Gasteiger partial charge on any atom is 0.410 e. The molecule has 1 aliphatic rings. The molecule has 1 aromatic rings. The lowest BCUT2D eigenvalue weighted by Gasteiger charge is -2.33. The molecule has 30 heavy (non-hydrogen) atoms. The highest BCUT2D eigenvalue weighted by atomic mass is 16.6. The fraction of sp³-hybridized carbons (Fsp3) is 0.636. The van der Waals surface area contributed by atoms with Gasteiger partial charge in [-0.15, -0.1) is 0 Å². The molecule has 0 bridgehead atoms. The van der Waals surface area contributed by atoms with Crippen LogP contribution in [0.5, 0.6) is 11.5 Å². The summed E-state index contributed by atoms with van der Waals surface area (Å²) in [7, 11) is 3.37. The van der Waals surface area contributed by atoms with E-state index in [0.717, 1.165) is 25.1 Å². The summed E-state index contributed by atoms with van der Waals surface area (Å²) in [6, 6.07) is 5.70. The lowest BCUT2D eigenvalue weighted by Crippen LogP contribution is -2.44. The molecule has 0 atom stereocenters. The number of rotatable bonds is 6. The van der Waals surface area contributed by atoms with E-state index in [9.17, 15) is 4.79 Å². The van der Waals surface area contributed by atoms with Crippen molar-refractivity contribution >= 4 is 17.7 Å². The van der Waals surface area contributed by atoms with Gasteiger partial charge < -0.3 is 29.7 Å². The van der Waals surface area contributed by atoms with Crippen LogP contribution in [0.1, 0.15) is 40.5 Å². The Kier molecular flexibility index (Phi) is 8.62. The van der Waals surface area contributed by atoms with E-state index in [0.29, 0.717) is 43.1 Å². The lowest BCUT2D eigenvalue weighted by molar-refractivity contribution is 0.0185. The van der Waals surface area contributed by atoms with Crippen LogP contribution < -0.4 is 20.1 Å². The van der Waals surface area contributed by atoms with Crippen molar-refractivity contribution in [2.45, 2.75) is 46.1 Å². The van der Waals surface area contributed by atoms with Crippen LogP contribution in [0.2, 0.25) is 0 Å². The third-order valence-corrected chi connectivity index (χ3v) is 4.77. The van der Waals surface area contributed by atoms with E-state index in [1.165, 1.54) is 0 Å². The second-order valence-corrected chi connectivity index (χ2v) is 8.29. The predicted molar refractivity (Wildman–Crippen MR) is 120 cm³/mol. The Balaban J connectivity index is 1.82. The molecule has 0 saturated carbocycles. The van der Waals surface area contributed by atoms with Crippen molar-refractivity contribution in [2.24, 2.45) is 10.9 Å². The smallest absolute Gasteiger partial charge is 0.410 e. The van der Waals surface area contributed by atoms with Crippen molar-refractivity contribution in [2.75, 3.05) is 45.7 Å². The minimum atomic E-state index is -0.461. The minimum Gasteiger partial charge on any atom is -0.493 e. The molecule has 168 valence electrons. The molecule has 1 fully saturated rings. The second kappa shape index (κ2) is 10.9. The molecule has 0 aliphatic carbocycles. The summed E-state index contributed by atoms with van der Waals surface area (Å²) >= 11 is 0. The Bertz CT molecular complexity index is 722. The highest BCUT2D eigenvalue weighted by Gasteiger charge is 2.26. The maximum atomic E-state index is 12.2. The van der Waals surface area contributed by atoms with Crippen molar-refractivity contribution in [1.29, 1.82) is 0 Å². The van der Waals surface area contributed by atoms with E-state index in [-0.39, 0.29) is 6.09 Å². The van der Waals surface area contributed by atoms with E-state index in [4.69, 9.17) is 14.2 Å². The second-order valence-electron chi connectivity index (χ2n) is 8.29. The standard InChI is InChI=1S/C22H36N4O4/c1-7-29-18-9-8-17(14-19(18)28-6)25-20(23-5)24-15-16-10-12-26(13-11-16)21(27)30-22(2,3)4/h8-9,14,16H,7,10-13,15H2,1-6H3,(H2,23,24,25). The molecule has 0 radical (unpaired) electrons. The normalized spacial score (nSPS) is 15.5. The van der Waals surface area contributed by atoms with Gasteiger partial charge in [0.05, 0.1) is 13.7 Å². The monoisotopic (exact) mass is 420 g/mol. The molecular weight excluding hydrogens is 384 g/mol. The number of ether oxygens (including phenoxy) is 3. The van der Waals surface area contributed by atoms with Crippen molar-refractivity contribution < 1.29 is 19.0 Å². The predicted octanol–water partition coefficient (Wildman–Crippen LogP) is 3.73. The number of hydrogen-bond acceptors (Lipinski definition) is 5. The largest absolute Gasteiger partial charge is 0.493 e. The maximum absolute atomic E-state index is 12.2. The Morgan fingerprint density at radius 2 is 1.93 bits per heavy atom. The summed E-state index contributed by atoms with van der Waals surface area (Å²) < 4.78 is 16.4. The van der Waals surface area contributed by atoms with Crippen LogP contribution in [0, 0.1) is 5.92 Å². The van der Waals surface area contributed by atoms with Crippen LogP contribution >= 0.6 is 0 Å². The summed E-state index contributed by atoms with van der Waals surface area (Å²) in [5, 5.41) is 6.66. The first-order valence-corrected chi connectivity index (χ1v) is 10.5. The van der Waals surface area contributed by atoms with Gasteiger partial charge in [0, 0.05) is 38.4 Å². The van der Waals surface area contributed by atoms with E-state index in [2.05, 4.69) is 15.6 Å². The zero-order valence-corrected chi connectivity index (χ0v) is 19.1. The summed E-state index contributed by atoms with van der Waals surface area (Å²) in [6.07, 6.45) is 1.64. The average molecular weight is 421 g/mol. The van der Waals surface area contributed by atoms with Gasteiger partial charge in [-0.05, 0) is 58.6 Å². The first kappa shape index (κ1) is 23.6. The summed E-state index contributed by atoms with van der Waals surface area (Å²) in [5.41, 5.74) is 0.403. The number of aliphatic imine (C=N–C) groups is 1. The number of guanidine groups is 1. The quantitative estimate of drug-likeness (QED) is 0.539. The van der Waals surface area contributed by atoms with Gasteiger partial charge in [0.1, 0.15) is 5.60 Å². The lowest BCUT2D eigenvalue weighted by atomic mass is 9.97. The van der Waals surface area contributed by atoms with E-state index < -0.39 is 5.60 Å². The number of piperidine rings is 1. The molecule has 1 saturated heterocycles. The van der Waals surface area contributed by atoms with Gasteiger partial charge >= 0.3 is 6.09 Å². The zero-order chi connectivity index (χ0) is 22.1. The Morgan fingerprint density at radius 1 is 1.23 bits per heavy atom. The highest BCUT2D eigenvalue weighted by Crippen LogP contribution is 2.30. The number of benzene rings is 1. The van der Waals surface area contributed by atoms with Crippen LogP contribution in [0.15, 0.2) is 23.2 Å². The number of carbonyl (C=O) groups is 1. The fourth-order valence-electron chi connectivity index (χ4n) is 3.22. The number of amides is 1. The number of nitrogens with zero attached hydrogens (tertiary/aromatic N) is 2. The fourth-order valence-corrected chi connectivity index (χ4v) is 3.22. The number of nitrogens with one attached hydrogen (secondary N) is 2. The molecular formula is C22H36N4O4. The molecule has 0 spiro atoms. The van der Waals surface area contributed by atoms with E-state index in [1.54, 1.807) is 19.1 Å². The van der Waals surface area contributed by atoms with Crippen molar-refractivity contribution in [3.8, 4) is 11.5 Å².